The number of carbonyl (C=O) groups excluding carboxylic acids is 3. The zero-order valence-corrected chi connectivity index (χ0v) is 15.5. The van der Waals surface area contributed by atoms with Gasteiger partial charge in [0.1, 0.15) is 11.5 Å². The highest BCUT2D eigenvalue weighted by Crippen LogP contribution is 2.29. The predicted molar refractivity (Wildman–Crippen MR) is 101 cm³/mol. The number of imide groups is 1. The van der Waals surface area contributed by atoms with Crippen LogP contribution in [0.1, 0.15) is 11.1 Å². The molecule has 4 amide bonds. The number of primary amides is 1. The Kier molecular flexibility index (Phi) is 5.77. The first-order valence-corrected chi connectivity index (χ1v) is 8.56. The topological polar surface area (TPSA) is 111 Å². The average Bonchev–Trinajstić information content (AvgIpc) is 2.95. The molecule has 0 atom stereocenters. The number of nitrogens with one attached hydrogen (secondary N) is 1. The second kappa shape index (κ2) is 8.42. The molecule has 0 aromatic heterocycles. The third-order valence-corrected chi connectivity index (χ3v) is 4.12. The van der Waals surface area contributed by atoms with E-state index in [2.05, 4.69) is 5.32 Å². The van der Waals surface area contributed by atoms with Gasteiger partial charge in [0.05, 0.1) is 13.7 Å². The molecular weight excluding hydrogens is 381 g/mol. The molecule has 0 radical (unpaired) electrons. The molecule has 9 heteroatoms. The van der Waals surface area contributed by atoms with Crippen LogP contribution in [-0.4, -0.2) is 36.5 Å². The predicted octanol–water partition coefficient (Wildman–Crippen LogP) is 1.79. The summed E-state index contributed by atoms with van der Waals surface area (Å²) in [6.07, 6.45) is 1.46. The number of ether oxygens (including phenoxy) is 2. The molecule has 29 heavy (non-hydrogen) atoms. The van der Waals surface area contributed by atoms with E-state index in [-0.39, 0.29) is 24.4 Å². The Balaban J connectivity index is 1.80. The first-order chi connectivity index (χ1) is 13.9. The third kappa shape index (κ3) is 4.52. The minimum absolute atomic E-state index is 0.0409. The summed E-state index contributed by atoms with van der Waals surface area (Å²) in [6.45, 7) is -0.492. The molecule has 0 spiro atoms. The quantitative estimate of drug-likeness (QED) is 0.545. The maximum atomic E-state index is 13.8. The number of methoxy groups -OCH3 is 1. The van der Waals surface area contributed by atoms with E-state index in [0.29, 0.717) is 17.1 Å². The van der Waals surface area contributed by atoms with E-state index in [1.807, 2.05) is 0 Å². The van der Waals surface area contributed by atoms with Crippen LogP contribution in [0.15, 0.2) is 48.2 Å². The molecule has 3 rings (SSSR count). The van der Waals surface area contributed by atoms with Crippen molar-refractivity contribution in [2.24, 2.45) is 5.73 Å². The number of halogens is 1. The minimum atomic E-state index is -0.641. The van der Waals surface area contributed by atoms with Gasteiger partial charge in [-0.3, -0.25) is 14.5 Å². The summed E-state index contributed by atoms with van der Waals surface area (Å²) in [5, 5.41) is 2.48. The van der Waals surface area contributed by atoms with E-state index in [0.717, 1.165) is 4.90 Å². The van der Waals surface area contributed by atoms with E-state index < -0.39 is 23.7 Å². The fraction of sp³-hybridized carbons (Fsp3) is 0.150. The summed E-state index contributed by atoms with van der Waals surface area (Å²) in [6, 6.07) is 10.0. The number of nitrogens with zero attached hydrogens (tertiary/aromatic N) is 1. The third-order valence-electron chi connectivity index (χ3n) is 4.12. The average molecular weight is 399 g/mol. The van der Waals surface area contributed by atoms with Crippen LogP contribution in [0.5, 0.6) is 11.5 Å². The number of urea groups is 1. The van der Waals surface area contributed by atoms with Crippen molar-refractivity contribution in [1.82, 2.24) is 10.2 Å². The lowest BCUT2D eigenvalue weighted by Crippen LogP contribution is -2.30. The highest BCUT2D eigenvalue weighted by Gasteiger charge is 2.34. The van der Waals surface area contributed by atoms with Crippen molar-refractivity contribution < 1.29 is 28.2 Å². The van der Waals surface area contributed by atoms with Gasteiger partial charge in [-0.05, 0) is 29.8 Å². The lowest BCUT2D eigenvalue weighted by atomic mass is 10.1. The summed E-state index contributed by atoms with van der Waals surface area (Å²) in [5.74, 6) is -1.09. The van der Waals surface area contributed by atoms with E-state index in [1.165, 1.54) is 31.4 Å². The first-order valence-electron chi connectivity index (χ1n) is 8.56. The molecule has 1 fully saturated rings. The zero-order chi connectivity index (χ0) is 21.0. The van der Waals surface area contributed by atoms with Gasteiger partial charge in [0.25, 0.3) is 11.8 Å². The van der Waals surface area contributed by atoms with Crippen molar-refractivity contribution in [3.05, 3.63) is 65.1 Å². The number of hydrogen-bond donors (Lipinski definition) is 2. The van der Waals surface area contributed by atoms with Gasteiger partial charge in [0.15, 0.2) is 18.1 Å². The van der Waals surface area contributed by atoms with Crippen LogP contribution >= 0.6 is 0 Å². The standard InChI is InChI=1S/C20H18FN3O5/c1-28-17-9-12(6-7-16(17)29-11-18(22)25)8-15-19(26)24(20(27)23-15)10-13-4-2-3-5-14(13)21/h2-9H,10-11H2,1H3,(H2,22,25)(H,23,27)/b15-8+. The van der Waals surface area contributed by atoms with E-state index in [9.17, 15) is 18.8 Å². The van der Waals surface area contributed by atoms with Crippen molar-refractivity contribution in [2.75, 3.05) is 13.7 Å². The maximum Gasteiger partial charge on any atom is 0.329 e. The lowest BCUT2D eigenvalue weighted by Gasteiger charge is -2.12. The number of rotatable bonds is 7. The Morgan fingerprint density at radius 1 is 1.21 bits per heavy atom. The molecule has 8 nitrogen and oxygen atoms in total. The molecule has 3 N–H and O–H groups in total. The molecule has 2 aromatic carbocycles. The second-order valence-electron chi connectivity index (χ2n) is 6.14. The smallest absolute Gasteiger partial charge is 0.329 e. The van der Waals surface area contributed by atoms with Crippen molar-refractivity contribution in [3.8, 4) is 11.5 Å². The molecule has 1 heterocycles. The van der Waals surface area contributed by atoms with Crippen LogP contribution in [0.3, 0.4) is 0 Å². The minimum Gasteiger partial charge on any atom is -0.493 e. The molecule has 150 valence electrons. The Hall–Kier alpha value is -3.88. The summed E-state index contributed by atoms with van der Waals surface area (Å²) >= 11 is 0. The first kappa shape index (κ1) is 19.9. The molecule has 0 bridgehead atoms. The van der Waals surface area contributed by atoms with Crippen LogP contribution in [-0.2, 0) is 16.1 Å². The van der Waals surface area contributed by atoms with E-state index in [4.69, 9.17) is 15.2 Å². The highest BCUT2D eigenvalue weighted by atomic mass is 19.1. The van der Waals surface area contributed by atoms with Crippen molar-refractivity contribution in [2.45, 2.75) is 6.54 Å². The molecule has 0 aliphatic carbocycles. The summed E-state index contributed by atoms with van der Waals surface area (Å²) in [7, 11) is 1.42. The molecule has 0 unspecified atom stereocenters. The van der Waals surface area contributed by atoms with Crippen LogP contribution in [0.4, 0.5) is 9.18 Å². The van der Waals surface area contributed by atoms with Gasteiger partial charge in [-0.25, -0.2) is 9.18 Å². The van der Waals surface area contributed by atoms with Crippen molar-refractivity contribution in [3.63, 3.8) is 0 Å². The monoisotopic (exact) mass is 399 g/mol. The molecule has 0 saturated carbocycles. The van der Waals surface area contributed by atoms with Gasteiger partial charge in [0.2, 0.25) is 0 Å². The highest BCUT2D eigenvalue weighted by molar-refractivity contribution is 6.13. The fourth-order valence-corrected chi connectivity index (χ4v) is 2.72. The maximum absolute atomic E-state index is 13.8. The summed E-state index contributed by atoms with van der Waals surface area (Å²) in [5.41, 5.74) is 5.87. The number of hydrogen-bond acceptors (Lipinski definition) is 5. The SMILES string of the molecule is COc1cc(/C=C2/NC(=O)N(Cc3ccccc3F)C2=O)ccc1OCC(N)=O. The lowest BCUT2D eigenvalue weighted by molar-refractivity contribution is -0.123. The van der Waals surface area contributed by atoms with Gasteiger partial charge in [-0.15, -0.1) is 0 Å². The number of amides is 4. The Labute approximate surface area is 165 Å². The fourth-order valence-electron chi connectivity index (χ4n) is 2.72. The van der Waals surface area contributed by atoms with Crippen molar-refractivity contribution in [1.29, 1.82) is 0 Å². The van der Waals surface area contributed by atoms with Crippen LogP contribution in [0.25, 0.3) is 6.08 Å². The zero-order valence-electron chi connectivity index (χ0n) is 15.5. The van der Waals surface area contributed by atoms with Gasteiger partial charge in [0, 0.05) is 5.56 Å². The number of carbonyl (C=O) groups is 3. The van der Waals surface area contributed by atoms with Gasteiger partial charge < -0.3 is 20.5 Å². The molecule has 1 aliphatic rings. The van der Waals surface area contributed by atoms with Crippen molar-refractivity contribution >= 4 is 23.9 Å². The summed E-state index contributed by atoms with van der Waals surface area (Å²) in [4.78, 5) is 36.5. The Bertz CT molecular complexity index is 1010. The van der Waals surface area contributed by atoms with Gasteiger partial charge >= 0.3 is 6.03 Å². The molecule has 1 aliphatic heterocycles. The summed E-state index contributed by atoms with van der Waals surface area (Å²) < 4.78 is 24.3. The Morgan fingerprint density at radius 3 is 2.66 bits per heavy atom. The molecular formula is C20H18FN3O5. The van der Waals surface area contributed by atoms with E-state index in [1.54, 1.807) is 24.3 Å². The number of nitrogens with two attached hydrogens (primary N) is 1. The largest absolute Gasteiger partial charge is 0.493 e. The second-order valence-corrected chi connectivity index (χ2v) is 6.14. The van der Waals surface area contributed by atoms with Crippen LogP contribution in [0.2, 0.25) is 0 Å². The normalized spacial score (nSPS) is 14.8. The number of benzene rings is 2. The molecule has 2 aromatic rings. The molecule has 1 saturated heterocycles. The van der Waals surface area contributed by atoms with E-state index >= 15 is 0 Å². The van der Waals surface area contributed by atoms with Gasteiger partial charge in [-0.1, -0.05) is 24.3 Å². The van der Waals surface area contributed by atoms with Crippen LogP contribution in [0, 0.1) is 5.82 Å². The van der Waals surface area contributed by atoms with Crippen LogP contribution < -0.4 is 20.5 Å². The Morgan fingerprint density at radius 2 is 1.97 bits per heavy atom. The van der Waals surface area contributed by atoms with Gasteiger partial charge in [-0.2, -0.15) is 0 Å².